The Kier molecular flexibility index (Phi) is 2.26. The van der Waals surface area contributed by atoms with Crippen molar-refractivity contribution >= 4 is 11.3 Å². The average Bonchev–Trinajstić information content (AvgIpc) is 2.69. The van der Waals surface area contributed by atoms with Crippen molar-refractivity contribution < 1.29 is 4.74 Å². The summed E-state index contributed by atoms with van der Waals surface area (Å²) in [7, 11) is 1.65. The average molecular weight is 198 g/mol. The molecule has 1 aliphatic carbocycles. The Morgan fingerprint density at radius 1 is 1.69 bits per heavy atom. The molecular formula is C9H14N2OS. The molecule has 2 N–H and O–H groups in total. The second-order valence-electron chi connectivity index (χ2n) is 3.66. The third-order valence-electron chi connectivity index (χ3n) is 2.47. The Hall–Kier alpha value is -0.610. The molecule has 0 aliphatic heterocycles. The van der Waals surface area contributed by atoms with E-state index in [-0.39, 0.29) is 5.54 Å². The number of aromatic nitrogens is 1. The maximum absolute atomic E-state index is 5.99. The molecule has 1 aliphatic rings. The third-order valence-corrected chi connectivity index (χ3v) is 3.49. The van der Waals surface area contributed by atoms with Gasteiger partial charge in [-0.3, -0.25) is 0 Å². The highest BCUT2D eigenvalue weighted by Gasteiger charge is 2.37. The molecule has 0 spiro atoms. The van der Waals surface area contributed by atoms with E-state index in [1.54, 1.807) is 18.4 Å². The zero-order valence-electron chi connectivity index (χ0n) is 7.75. The van der Waals surface area contributed by atoms with Gasteiger partial charge in [-0.05, 0) is 25.7 Å². The van der Waals surface area contributed by atoms with Gasteiger partial charge in [-0.25, -0.2) is 4.98 Å². The number of methoxy groups -OCH3 is 1. The molecule has 0 radical (unpaired) electrons. The summed E-state index contributed by atoms with van der Waals surface area (Å²) in [6.45, 7) is 0. The predicted molar refractivity (Wildman–Crippen MR) is 53.1 cm³/mol. The van der Waals surface area contributed by atoms with Crippen molar-refractivity contribution in [1.29, 1.82) is 0 Å². The van der Waals surface area contributed by atoms with Gasteiger partial charge in [0, 0.05) is 16.6 Å². The summed E-state index contributed by atoms with van der Waals surface area (Å²) in [6, 6.07) is 0. The van der Waals surface area contributed by atoms with E-state index < -0.39 is 0 Å². The van der Waals surface area contributed by atoms with Crippen LogP contribution < -0.4 is 10.5 Å². The van der Waals surface area contributed by atoms with E-state index in [9.17, 15) is 0 Å². The SMILES string of the molecule is COc1ncc(CCC2(N)CC2)s1. The van der Waals surface area contributed by atoms with Crippen molar-refractivity contribution in [2.24, 2.45) is 5.73 Å². The van der Waals surface area contributed by atoms with Crippen LogP contribution in [0.25, 0.3) is 0 Å². The van der Waals surface area contributed by atoms with Gasteiger partial charge in [0.2, 0.25) is 0 Å². The number of nitrogens with zero attached hydrogens (tertiary/aromatic N) is 1. The van der Waals surface area contributed by atoms with Gasteiger partial charge in [0.05, 0.1) is 7.11 Å². The molecule has 1 aromatic heterocycles. The monoisotopic (exact) mass is 198 g/mol. The fourth-order valence-electron chi connectivity index (χ4n) is 1.28. The Balaban J connectivity index is 1.87. The van der Waals surface area contributed by atoms with Gasteiger partial charge in [0.15, 0.2) is 0 Å². The minimum absolute atomic E-state index is 0.150. The number of hydrogen-bond acceptors (Lipinski definition) is 4. The van der Waals surface area contributed by atoms with Crippen LogP contribution in [0.2, 0.25) is 0 Å². The van der Waals surface area contributed by atoms with Crippen LogP contribution in [-0.2, 0) is 6.42 Å². The van der Waals surface area contributed by atoms with Crippen molar-refractivity contribution in [3.8, 4) is 5.19 Å². The van der Waals surface area contributed by atoms with Crippen molar-refractivity contribution in [3.63, 3.8) is 0 Å². The van der Waals surface area contributed by atoms with Gasteiger partial charge in [0.25, 0.3) is 5.19 Å². The highest BCUT2D eigenvalue weighted by molar-refractivity contribution is 7.13. The molecule has 72 valence electrons. The normalized spacial score (nSPS) is 18.6. The smallest absolute Gasteiger partial charge is 0.273 e. The van der Waals surface area contributed by atoms with Gasteiger partial charge < -0.3 is 10.5 Å². The Bertz CT molecular complexity index is 294. The van der Waals surface area contributed by atoms with E-state index in [0.717, 1.165) is 18.0 Å². The number of rotatable bonds is 4. The first-order chi connectivity index (χ1) is 6.22. The molecule has 0 unspecified atom stereocenters. The Labute approximate surface area is 81.9 Å². The van der Waals surface area contributed by atoms with Crippen molar-refractivity contribution in [1.82, 2.24) is 4.98 Å². The van der Waals surface area contributed by atoms with Gasteiger partial charge in [-0.2, -0.15) is 0 Å². The molecule has 1 aromatic rings. The zero-order valence-corrected chi connectivity index (χ0v) is 8.56. The van der Waals surface area contributed by atoms with Crippen LogP contribution in [0.5, 0.6) is 5.19 Å². The molecule has 0 amide bonds. The second kappa shape index (κ2) is 3.27. The summed E-state index contributed by atoms with van der Waals surface area (Å²) in [5.74, 6) is 0. The van der Waals surface area contributed by atoms with E-state index >= 15 is 0 Å². The minimum Gasteiger partial charge on any atom is -0.473 e. The molecular weight excluding hydrogens is 184 g/mol. The van der Waals surface area contributed by atoms with Gasteiger partial charge in [0.1, 0.15) is 0 Å². The first-order valence-corrected chi connectivity index (χ1v) is 5.31. The first kappa shape index (κ1) is 8.97. The van der Waals surface area contributed by atoms with Gasteiger partial charge in [-0.1, -0.05) is 11.3 Å². The second-order valence-corrected chi connectivity index (χ2v) is 4.74. The van der Waals surface area contributed by atoms with Gasteiger partial charge >= 0.3 is 0 Å². The predicted octanol–water partition coefficient (Wildman–Crippen LogP) is 1.58. The molecule has 1 heterocycles. The van der Waals surface area contributed by atoms with Crippen LogP contribution in [-0.4, -0.2) is 17.6 Å². The molecule has 1 fully saturated rings. The third kappa shape index (κ3) is 2.19. The van der Waals surface area contributed by atoms with Crippen molar-refractivity contribution in [3.05, 3.63) is 11.1 Å². The molecule has 0 bridgehead atoms. The summed E-state index contributed by atoms with van der Waals surface area (Å²) in [5.41, 5.74) is 6.14. The summed E-state index contributed by atoms with van der Waals surface area (Å²) in [6.07, 6.45) is 6.37. The first-order valence-electron chi connectivity index (χ1n) is 4.49. The lowest BCUT2D eigenvalue weighted by atomic mass is 10.1. The highest BCUT2D eigenvalue weighted by Crippen LogP contribution is 2.37. The number of hydrogen-bond donors (Lipinski definition) is 1. The number of nitrogens with two attached hydrogens (primary N) is 1. The van der Waals surface area contributed by atoms with Crippen LogP contribution in [0.4, 0.5) is 0 Å². The lowest BCUT2D eigenvalue weighted by Crippen LogP contribution is -2.21. The number of aryl methyl sites for hydroxylation is 1. The highest BCUT2D eigenvalue weighted by atomic mass is 32.1. The van der Waals surface area contributed by atoms with E-state index in [1.807, 2.05) is 6.20 Å². The quantitative estimate of drug-likeness (QED) is 0.799. The van der Waals surface area contributed by atoms with E-state index in [0.29, 0.717) is 0 Å². The van der Waals surface area contributed by atoms with Crippen LogP contribution >= 0.6 is 11.3 Å². The fourth-order valence-corrected chi connectivity index (χ4v) is 2.00. The molecule has 0 atom stereocenters. The molecule has 0 aromatic carbocycles. The molecule has 0 saturated heterocycles. The molecule has 1 saturated carbocycles. The maximum atomic E-state index is 5.99. The summed E-state index contributed by atoms with van der Waals surface area (Å²) in [4.78, 5) is 5.38. The lowest BCUT2D eigenvalue weighted by molar-refractivity contribution is 0.412. The summed E-state index contributed by atoms with van der Waals surface area (Å²) < 4.78 is 5.02. The van der Waals surface area contributed by atoms with Crippen LogP contribution in [0.1, 0.15) is 24.1 Å². The van der Waals surface area contributed by atoms with Crippen LogP contribution in [0.15, 0.2) is 6.20 Å². The largest absolute Gasteiger partial charge is 0.473 e. The van der Waals surface area contributed by atoms with E-state index in [1.165, 1.54) is 17.7 Å². The Morgan fingerprint density at radius 2 is 2.46 bits per heavy atom. The topological polar surface area (TPSA) is 48.1 Å². The standard InChI is InChI=1S/C9H14N2OS/c1-12-8-11-6-7(13-8)2-3-9(10)4-5-9/h6H,2-5,10H2,1H3. The van der Waals surface area contributed by atoms with Crippen LogP contribution in [0.3, 0.4) is 0 Å². The molecule has 4 heteroatoms. The van der Waals surface area contributed by atoms with Crippen LogP contribution in [0, 0.1) is 0 Å². The molecule has 2 rings (SSSR count). The summed E-state index contributed by atoms with van der Waals surface area (Å²) >= 11 is 1.61. The Morgan fingerprint density at radius 3 is 3.00 bits per heavy atom. The molecule has 3 nitrogen and oxygen atoms in total. The maximum Gasteiger partial charge on any atom is 0.273 e. The van der Waals surface area contributed by atoms with Crippen molar-refractivity contribution in [2.75, 3.05) is 7.11 Å². The number of ether oxygens (including phenoxy) is 1. The van der Waals surface area contributed by atoms with E-state index in [2.05, 4.69) is 4.98 Å². The zero-order chi connectivity index (χ0) is 9.31. The van der Waals surface area contributed by atoms with Gasteiger partial charge in [-0.15, -0.1) is 0 Å². The number of thiazole rings is 1. The van der Waals surface area contributed by atoms with E-state index in [4.69, 9.17) is 10.5 Å². The minimum atomic E-state index is 0.150. The van der Waals surface area contributed by atoms with Crippen molar-refractivity contribution in [2.45, 2.75) is 31.2 Å². The lowest BCUT2D eigenvalue weighted by Gasteiger charge is -2.04. The molecule has 13 heavy (non-hydrogen) atoms. The summed E-state index contributed by atoms with van der Waals surface area (Å²) in [5, 5.41) is 0.747. The fraction of sp³-hybridized carbons (Fsp3) is 0.667.